The normalized spacial score (nSPS) is 9.43. The van der Waals surface area contributed by atoms with Crippen molar-refractivity contribution in [3.63, 3.8) is 0 Å². The molecule has 0 aliphatic heterocycles. The first-order valence-electron chi connectivity index (χ1n) is 6.99. The molecule has 0 heterocycles. The van der Waals surface area contributed by atoms with Gasteiger partial charge in [0.2, 0.25) is 0 Å². The predicted molar refractivity (Wildman–Crippen MR) is 85.6 cm³/mol. The zero-order chi connectivity index (χ0) is 16.3. The summed E-state index contributed by atoms with van der Waals surface area (Å²) in [4.78, 5) is 16.3. The molecule has 0 aliphatic carbocycles. The highest BCUT2D eigenvalue weighted by Gasteiger charge is 2.01. The van der Waals surface area contributed by atoms with Gasteiger partial charge < -0.3 is 9.47 Å². The molecule has 0 fully saturated rings. The van der Waals surface area contributed by atoms with Crippen LogP contribution in [0.25, 0.3) is 0 Å². The molecule has 2 aromatic carbocycles. The first kappa shape index (κ1) is 16.4. The maximum absolute atomic E-state index is 11.4. The third-order valence-corrected chi connectivity index (χ3v) is 2.84. The quantitative estimate of drug-likeness (QED) is 0.524. The van der Waals surface area contributed by atoms with E-state index in [0.29, 0.717) is 0 Å². The van der Waals surface area contributed by atoms with Crippen molar-refractivity contribution in [3.05, 3.63) is 65.7 Å². The number of amides is 1. The zero-order valence-corrected chi connectivity index (χ0v) is 12.7. The van der Waals surface area contributed by atoms with E-state index in [4.69, 9.17) is 14.3 Å². The number of methoxy groups -OCH3 is 1. The molecule has 0 saturated carbocycles. The minimum absolute atomic E-state index is 0.0620. The molecule has 0 spiro atoms. The van der Waals surface area contributed by atoms with Gasteiger partial charge in [-0.15, -0.1) is 0 Å². The molecule has 0 atom stereocenters. The van der Waals surface area contributed by atoms with Crippen molar-refractivity contribution in [2.24, 2.45) is 0 Å². The average Bonchev–Trinajstić information content (AvgIpc) is 2.61. The van der Waals surface area contributed by atoms with Crippen LogP contribution in [0.2, 0.25) is 0 Å². The highest BCUT2D eigenvalue weighted by molar-refractivity contribution is 5.65. The van der Waals surface area contributed by atoms with Gasteiger partial charge in [-0.25, -0.2) is 4.79 Å². The molecule has 0 bridgehead atoms. The maximum atomic E-state index is 11.4. The molecule has 0 radical (unpaired) electrons. The van der Waals surface area contributed by atoms with Crippen molar-refractivity contribution in [2.75, 3.05) is 13.7 Å². The Kier molecular flexibility index (Phi) is 6.51. The fourth-order valence-corrected chi connectivity index (χ4v) is 1.70. The molecule has 0 unspecified atom stereocenters. The number of carbonyl (C=O) groups excluding carboxylic acids is 1. The lowest BCUT2D eigenvalue weighted by atomic mass is 10.2. The number of hydrogen-bond donors (Lipinski definition) is 1. The Labute approximate surface area is 135 Å². The van der Waals surface area contributed by atoms with Crippen molar-refractivity contribution in [2.45, 2.75) is 6.61 Å². The Morgan fingerprint density at radius 2 is 1.83 bits per heavy atom. The molecular weight excluding hydrogens is 294 g/mol. The minimum Gasteiger partial charge on any atom is -0.497 e. The minimum atomic E-state index is -0.653. The molecule has 2 rings (SSSR count). The number of ether oxygens (including phenoxy) is 2. The topological polar surface area (TPSA) is 56.8 Å². The van der Waals surface area contributed by atoms with Crippen LogP contribution in [0.3, 0.4) is 0 Å². The van der Waals surface area contributed by atoms with Crippen LogP contribution in [-0.4, -0.2) is 19.8 Å². The predicted octanol–water partition coefficient (Wildman–Crippen LogP) is 2.90. The number of benzene rings is 2. The second-order valence-electron chi connectivity index (χ2n) is 4.48. The Bertz CT molecular complexity index is 672. The van der Waals surface area contributed by atoms with E-state index in [2.05, 4.69) is 17.3 Å². The lowest BCUT2D eigenvalue weighted by Gasteiger charge is -2.05. The largest absolute Gasteiger partial charge is 0.497 e. The van der Waals surface area contributed by atoms with E-state index in [1.54, 1.807) is 7.11 Å². The molecule has 5 nitrogen and oxygen atoms in total. The summed E-state index contributed by atoms with van der Waals surface area (Å²) >= 11 is 0. The van der Waals surface area contributed by atoms with Crippen LogP contribution in [0.1, 0.15) is 11.1 Å². The smallest absolute Gasteiger partial charge is 0.431 e. The van der Waals surface area contributed by atoms with E-state index in [0.717, 1.165) is 16.9 Å². The van der Waals surface area contributed by atoms with Gasteiger partial charge in [0.25, 0.3) is 0 Å². The van der Waals surface area contributed by atoms with Gasteiger partial charge >= 0.3 is 6.09 Å². The van der Waals surface area contributed by atoms with Crippen molar-refractivity contribution >= 4 is 6.09 Å². The molecule has 1 N–H and O–H groups in total. The molecule has 0 aromatic heterocycles. The second-order valence-corrected chi connectivity index (χ2v) is 4.48. The third kappa shape index (κ3) is 6.12. The number of hydrogen-bond acceptors (Lipinski definition) is 4. The van der Waals surface area contributed by atoms with Crippen LogP contribution in [0.4, 0.5) is 4.79 Å². The molecule has 5 heteroatoms. The van der Waals surface area contributed by atoms with Crippen molar-refractivity contribution in [1.82, 2.24) is 5.48 Å². The van der Waals surface area contributed by atoms with Gasteiger partial charge in [-0.1, -0.05) is 42.2 Å². The van der Waals surface area contributed by atoms with Gasteiger partial charge in [0, 0.05) is 5.56 Å². The van der Waals surface area contributed by atoms with Crippen molar-refractivity contribution in [1.29, 1.82) is 0 Å². The summed E-state index contributed by atoms with van der Waals surface area (Å²) in [6.45, 7) is 0.250. The summed E-state index contributed by atoms with van der Waals surface area (Å²) in [6, 6.07) is 16.7. The van der Waals surface area contributed by atoms with E-state index in [1.807, 2.05) is 54.6 Å². The zero-order valence-electron chi connectivity index (χ0n) is 12.7. The second kappa shape index (κ2) is 9.13. The third-order valence-electron chi connectivity index (χ3n) is 2.84. The van der Waals surface area contributed by atoms with E-state index in [9.17, 15) is 4.79 Å². The van der Waals surface area contributed by atoms with Gasteiger partial charge in [0.15, 0.2) is 0 Å². The van der Waals surface area contributed by atoms with Gasteiger partial charge in [-0.2, -0.15) is 5.48 Å². The standard InChI is InChI=1S/C18H17NO4/c1-21-17-11-9-15(10-12-17)8-5-13-23-19-18(20)22-14-16-6-3-2-4-7-16/h2-4,6-7,9-12H,13-14H2,1H3,(H,19,20). The Morgan fingerprint density at radius 1 is 1.09 bits per heavy atom. The molecule has 23 heavy (non-hydrogen) atoms. The number of carbonyl (C=O) groups is 1. The van der Waals surface area contributed by atoms with Crippen LogP contribution in [0.15, 0.2) is 54.6 Å². The SMILES string of the molecule is COc1ccc(C#CCONC(=O)OCc2ccccc2)cc1. The van der Waals surface area contributed by atoms with Gasteiger partial charge in [-0.05, 0) is 29.8 Å². The number of nitrogens with one attached hydrogen (secondary N) is 1. The molecule has 118 valence electrons. The summed E-state index contributed by atoms with van der Waals surface area (Å²) < 4.78 is 10.0. The van der Waals surface area contributed by atoms with Crippen LogP contribution < -0.4 is 10.2 Å². The summed E-state index contributed by atoms with van der Waals surface area (Å²) in [5, 5.41) is 0. The van der Waals surface area contributed by atoms with Gasteiger partial charge in [0.05, 0.1) is 7.11 Å². The van der Waals surface area contributed by atoms with E-state index in [-0.39, 0.29) is 13.2 Å². The fraction of sp³-hybridized carbons (Fsp3) is 0.167. The summed E-state index contributed by atoms with van der Waals surface area (Å²) in [5.74, 6) is 6.46. The summed E-state index contributed by atoms with van der Waals surface area (Å²) in [6.07, 6.45) is -0.653. The number of rotatable bonds is 5. The summed E-state index contributed by atoms with van der Waals surface area (Å²) in [7, 11) is 1.61. The van der Waals surface area contributed by atoms with Crippen LogP contribution >= 0.6 is 0 Å². The molecule has 0 aliphatic rings. The van der Waals surface area contributed by atoms with Crippen molar-refractivity contribution < 1.29 is 19.1 Å². The fourth-order valence-electron chi connectivity index (χ4n) is 1.70. The Hall–Kier alpha value is -2.97. The molecule has 2 aromatic rings. The van der Waals surface area contributed by atoms with E-state index < -0.39 is 6.09 Å². The summed E-state index contributed by atoms with van der Waals surface area (Å²) in [5.41, 5.74) is 3.91. The first-order valence-corrected chi connectivity index (χ1v) is 6.99. The lowest BCUT2D eigenvalue weighted by molar-refractivity contribution is 0.0410. The van der Waals surface area contributed by atoms with E-state index in [1.165, 1.54) is 0 Å². The molecule has 1 amide bonds. The maximum Gasteiger partial charge on any atom is 0.431 e. The van der Waals surface area contributed by atoms with Gasteiger partial charge in [-0.3, -0.25) is 4.84 Å². The van der Waals surface area contributed by atoms with Crippen LogP contribution in [0.5, 0.6) is 5.75 Å². The highest BCUT2D eigenvalue weighted by Crippen LogP contribution is 2.10. The van der Waals surface area contributed by atoms with Gasteiger partial charge in [0.1, 0.15) is 19.0 Å². The molecular formula is C18H17NO4. The van der Waals surface area contributed by atoms with Crippen molar-refractivity contribution in [3.8, 4) is 17.6 Å². The Morgan fingerprint density at radius 3 is 2.52 bits per heavy atom. The molecule has 0 saturated heterocycles. The first-order chi connectivity index (χ1) is 11.3. The van der Waals surface area contributed by atoms with Crippen LogP contribution in [-0.2, 0) is 16.2 Å². The number of hydroxylamine groups is 1. The van der Waals surface area contributed by atoms with Crippen LogP contribution in [0, 0.1) is 11.8 Å². The lowest BCUT2D eigenvalue weighted by Crippen LogP contribution is -2.24. The average molecular weight is 311 g/mol. The Balaban J connectivity index is 1.65. The monoisotopic (exact) mass is 311 g/mol. The van der Waals surface area contributed by atoms with E-state index >= 15 is 0 Å². The highest BCUT2D eigenvalue weighted by atomic mass is 16.7.